The van der Waals surface area contributed by atoms with Crippen LogP contribution in [0.1, 0.15) is 11.3 Å². The van der Waals surface area contributed by atoms with Gasteiger partial charge in [0.1, 0.15) is 6.54 Å². The zero-order valence-corrected chi connectivity index (χ0v) is 10.9. The predicted molar refractivity (Wildman–Crippen MR) is 70.1 cm³/mol. The lowest BCUT2D eigenvalue weighted by Gasteiger charge is -2.11. The molecule has 0 aliphatic rings. The molecule has 0 saturated carbocycles. The number of nitrogens with one attached hydrogen (secondary N) is 1. The van der Waals surface area contributed by atoms with Gasteiger partial charge in [0.15, 0.2) is 0 Å². The van der Waals surface area contributed by atoms with E-state index in [1.165, 1.54) is 11.8 Å². The third-order valence-corrected chi connectivity index (χ3v) is 2.87. The second-order valence-corrected chi connectivity index (χ2v) is 4.51. The van der Waals surface area contributed by atoms with Crippen LogP contribution in [0, 0.1) is 0 Å². The molecule has 0 saturated heterocycles. The lowest BCUT2D eigenvalue weighted by molar-refractivity contribution is -0.143. The van der Waals surface area contributed by atoms with Crippen molar-refractivity contribution in [2.45, 2.75) is 25.7 Å². The highest BCUT2D eigenvalue weighted by atomic mass is 19.4. The van der Waals surface area contributed by atoms with E-state index in [4.69, 9.17) is 0 Å². The molecule has 0 amide bonds. The summed E-state index contributed by atoms with van der Waals surface area (Å²) in [6, 6.07) is 11.5. The number of aromatic nitrogens is 2. The second-order valence-electron chi connectivity index (χ2n) is 4.51. The molecule has 0 spiro atoms. The normalized spacial score (nSPS) is 11.8. The summed E-state index contributed by atoms with van der Waals surface area (Å²) in [7, 11) is 0. The minimum atomic E-state index is -4.25. The number of hydrogen-bond donors (Lipinski definition) is 1. The molecule has 108 valence electrons. The highest BCUT2D eigenvalue weighted by Crippen LogP contribution is 2.17. The maximum absolute atomic E-state index is 12.3. The van der Waals surface area contributed by atoms with Crippen molar-refractivity contribution >= 4 is 0 Å². The molecule has 1 heterocycles. The van der Waals surface area contributed by atoms with Gasteiger partial charge in [-0.2, -0.15) is 18.3 Å². The molecule has 0 aliphatic heterocycles. The van der Waals surface area contributed by atoms with E-state index in [0.717, 1.165) is 11.1 Å². The van der Waals surface area contributed by atoms with Crippen molar-refractivity contribution in [3.63, 3.8) is 0 Å². The highest BCUT2D eigenvalue weighted by Gasteiger charge is 2.29. The topological polar surface area (TPSA) is 29.9 Å². The molecule has 20 heavy (non-hydrogen) atoms. The lowest BCUT2D eigenvalue weighted by atomic mass is 10.1. The zero-order valence-electron chi connectivity index (χ0n) is 10.9. The number of benzene rings is 1. The predicted octanol–water partition coefficient (Wildman–Crippen LogP) is 2.78. The SMILES string of the molecule is FC(F)(F)Cn1nccc1CNCCc1ccccc1. The van der Waals surface area contributed by atoms with Gasteiger partial charge >= 0.3 is 6.18 Å². The van der Waals surface area contributed by atoms with Crippen LogP contribution in [0.3, 0.4) is 0 Å². The summed E-state index contributed by atoms with van der Waals surface area (Å²) >= 11 is 0. The van der Waals surface area contributed by atoms with Gasteiger partial charge < -0.3 is 5.32 Å². The average molecular weight is 283 g/mol. The number of halogens is 3. The highest BCUT2D eigenvalue weighted by molar-refractivity contribution is 5.14. The number of hydrogen-bond acceptors (Lipinski definition) is 2. The van der Waals surface area contributed by atoms with Crippen molar-refractivity contribution in [2.75, 3.05) is 6.54 Å². The molecule has 0 unspecified atom stereocenters. The first-order valence-corrected chi connectivity index (χ1v) is 6.37. The molecular formula is C14H16F3N3. The van der Waals surface area contributed by atoms with Gasteiger partial charge in [-0.05, 0) is 24.6 Å². The Kier molecular flexibility index (Phi) is 4.79. The molecule has 0 fully saturated rings. The van der Waals surface area contributed by atoms with Crippen LogP contribution in [0.4, 0.5) is 13.2 Å². The summed E-state index contributed by atoms with van der Waals surface area (Å²) in [6.07, 6.45) is -2.01. The third-order valence-electron chi connectivity index (χ3n) is 2.87. The molecule has 6 heteroatoms. The van der Waals surface area contributed by atoms with Crippen LogP contribution in [0.2, 0.25) is 0 Å². The number of rotatable bonds is 6. The number of nitrogens with zero attached hydrogens (tertiary/aromatic N) is 2. The fourth-order valence-corrected chi connectivity index (χ4v) is 1.92. The van der Waals surface area contributed by atoms with E-state index in [-0.39, 0.29) is 0 Å². The molecule has 2 rings (SSSR count). The maximum Gasteiger partial charge on any atom is 0.408 e. The molecule has 1 aromatic heterocycles. The van der Waals surface area contributed by atoms with Gasteiger partial charge in [0.25, 0.3) is 0 Å². The monoisotopic (exact) mass is 283 g/mol. The van der Waals surface area contributed by atoms with Crippen molar-refractivity contribution in [1.82, 2.24) is 15.1 Å². The fourth-order valence-electron chi connectivity index (χ4n) is 1.92. The van der Waals surface area contributed by atoms with Crippen molar-refractivity contribution in [3.8, 4) is 0 Å². The Labute approximate surface area is 115 Å². The van der Waals surface area contributed by atoms with E-state index >= 15 is 0 Å². The minimum Gasteiger partial charge on any atom is -0.311 e. The molecule has 1 aromatic carbocycles. The summed E-state index contributed by atoms with van der Waals surface area (Å²) in [6.45, 7) is 0.0415. The van der Waals surface area contributed by atoms with E-state index in [1.54, 1.807) is 6.07 Å². The van der Waals surface area contributed by atoms with E-state index in [0.29, 0.717) is 18.8 Å². The Bertz CT molecular complexity index is 520. The largest absolute Gasteiger partial charge is 0.408 e. The third kappa shape index (κ3) is 4.70. The molecule has 0 bridgehead atoms. The Morgan fingerprint density at radius 2 is 1.85 bits per heavy atom. The van der Waals surface area contributed by atoms with Crippen LogP contribution >= 0.6 is 0 Å². The molecule has 3 nitrogen and oxygen atoms in total. The second kappa shape index (κ2) is 6.56. The van der Waals surface area contributed by atoms with Gasteiger partial charge in [0, 0.05) is 12.7 Å². The molecule has 0 radical (unpaired) electrons. The van der Waals surface area contributed by atoms with Crippen LogP contribution in [0.15, 0.2) is 42.6 Å². The van der Waals surface area contributed by atoms with Gasteiger partial charge in [-0.3, -0.25) is 4.68 Å². The molecule has 0 aliphatic carbocycles. The molecule has 1 N–H and O–H groups in total. The summed E-state index contributed by atoms with van der Waals surface area (Å²) < 4.78 is 38.0. The first-order valence-electron chi connectivity index (χ1n) is 6.37. The summed E-state index contributed by atoms with van der Waals surface area (Å²) in [5.74, 6) is 0. The van der Waals surface area contributed by atoms with Crippen LogP contribution < -0.4 is 5.32 Å². The summed E-state index contributed by atoms with van der Waals surface area (Å²) in [5.41, 5.74) is 1.74. The van der Waals surface area contributed by atoms with Crippen molar-refractivity contribution in [2.24, 2.45) is 0 Å². The Morgan fingerprint density at radius 1 is 1.10 bits per heavy atom. The van der Waals surface area contributed by atoms with Crippen LogP contribution in [-0.4, -0.2) is 22.5 Å². The minimum absolute atomic E-state index is 0.378. The van der Waals surface area contributed by atoms with Gasteiger partial charge in [0.2, 0.25) is 0 Å². The van der Waals surface area contributed by atoms with Crippen LogP contribution in [-0.2, 0) is 19.5 Å². The summed E-state index contributed by atoms with van der Waals surface area (Å²) in [5, 5.41) is 6.83. The zero-order chi connectivity index (χ0) is 14.4. The van der Waals surface area contributed by atoms with Crippen LogP contribution in [0.25, 0.3) is 0 Å². The van der Waals surface area contributed by atoms with Crippen LogP contribution in [0.5, 0.6) is 0 Å². The number of alkyl halides is 3. The Morgan fingerprint density at radius 3 is 2.55 bits per heavy atom. The van der Waals surface area contributed by atoms with Crippen molar-refractivity contribution in [1.29, 1.82) is 0 Å². The molecule has 2 aromatic rings. The smallest absolute Gasteiger partial charge is 0.311 e. The lowest BCUT2D eigenvalue weighted by Crippen LogP contribution is -2.24. The maximum atomic E-state index is 12.3. The van der Waals surface area contributed by atoms with Gasteiger partial charge in [-0.1, -0.05) is 30.3 Å². The molecule has 0 atom stereocenters. The average Bonchev–Trinajstić information content (AvgIpc) is 2.81. The standard InChI is InChI=1S/C14H16F3N3/c15-14(16,17)11-20-13(7-9-19-20)10-18-8-6-12-4-2-1-3-5-12/h1-5,7,9,18H,6,8,10-11H2. The Hall–Kier alpha value is -1.82. The van der Waals surface area contributed by atoms with Gasteiger partial charge in [-0.25, -0.2) is 0 Å². The first-order chi connectivity index (χ1) is 9.54. The van der Waals surface area contributed by atoms with E-state index in [1.807, 2.05) is 30.3 Å². The fraction of sp³-hybridized carbons (Fsp3) is 0.357. The van der Waals surface area contributed by atoms with E-state index in [2.05, 4.69) is 10.4 Å². The summed E-state index contributed by atoms with van der Waals surface area (Å²) in [4.78, 5) is 0. The van der Waals surface area contributed by atoms with Gasteiger partial charge in [-0.15, -0.1) is 0 Å². The van der Waals surface area contributed by atoms with Gasteiger partial charge in [0.05, 0.1) is 5.69 Å². The Balaban J connectivity index is 1.79. The first kappa shape index (κ1) is 14.6. The van der Waals surface area contributed by atoms with Crippen molar-refractivity contribution in [3.05, 3.63) is 53.9 Å². The molecular weight excluding hydrogens is 267 g/mol. The van der Waals surface area contributed by atoms with E-state index in [9.17, 15) is 13.2 Å². The van der Waals surface area contributed by atoms with Crippen molar-refractivity contribution < 1.29 is 13.2 Å². The quantitative estimate of drug-likeness (QED) is 0.826. The van der Waals surface area contributed by atoms with E-state index < -0.39 is 12.7 Å².